The lowest BCUT2D eigenvalue weighted by Crippen LogP contribution is -2.40. The smallest absolute Gasteiger partial charge is 0.338 e. The van der Waals surface area contributed by atoms with Crippen LogP contribution in [0.1, 0.15) is 32.1 Å². The van der Waals surface area contributed by atoms with Crippen molar-refractivity contribution in [3.8, 4) is 11.5 Å². The number of para-hydroxylation sites is 2. The molecule has 2 aromatic carbocycles. The van der Waals surface area contributed by atoms with Crippen LogP contribution >= 0.6 is 0 Å². The summed E-state index contributed by atoms with van der Waals surface area (Å²) in [6.45, 7) is 5.26. The Morgan fingerprint density at radius 1 is 1.00 bits per heavy atom. The highest BCUT2D eigenvalue weighted by molar-refractivity contribution is 7.89. The predicted molar refractivity (Wildman–Crippen MR) is 141 cm³/mol. The molecule has 1 atom stereocenters. The van der Waals surface area contributed by atoms with E-state index in [4.69, 9.17) is 18.9 Å². The van der Waals surface area contributed by atoms with Crippen LogP contribution in [0.5, 0.6) is 11.5 Å². The lowest BCUT2D eigenvalue weighted by atomic mass is 10.1. The van der Waals surface area contributed by atoms with Gasteiger partial charge in [0.25, 0.3) is 0 Å². The summed E-state index contributed by atoms with van der Waals surface area (Å²) in [6, 6.07) is 14.9. The Bertz CT molecular complexity index is 1490. The fourth-order valence-corrected chi connectivity index (χ4v) is 6.19. The lowest BCUT2D eigenvalue weighted by Gasteiger charge is -2.27. The summed E-state index contributed by atoms with van der Waals surface area (Å²) < 4.78 is 51.5. The van der Waals surface area contributed by atoms with Crippen LogP contribution in [0.3, 0.4) is 0 Å². The molecule has 0 N–H and O–H groups in total. The van der Waals surface area contributed by atoms with E-state index in [1.807, 2.05) is 42.7 Å². The zero-order chi connectivity index (χ0) is 27.6. The molecule has 2 aliphatic heterocycles. The number of hydrogen-bond acceptors (Lipinski definition) is 8. The van der Waals surface area contributed by atoms with Crippen molar-refractivity contribution < 1.29 is 37.0 Å². The van der Waals surface area contributed by atoms with Gasteiger partial charge < -0.3 is 23.5 Å². The third-order valence-corrected chi connectivity index (χ3v) is 8.73. The number of benzene rings is 2. The van der Waals surface area contributed by atoms with Crippen LogP contribution in [-0.4, -0.2) is 74.7 Å². The quantitative estimate of drug-likeness (QED) is 0.309. The number of esters is 1. The van der Waals surface area contributed by atoms with Crippen LogP contribution in [0.4, 0.5) is 0 Å². The number of carbonyl (C=O) groups excluding carboxylic acids is 2. The third-order valence-electron chi connectivity index (χ3n) is 6.84. The fourth-order valence-electron chi connectivity index (χ4n) is 4.73. The minimum Gasteiger partial charge on any atom is -0.486 e. The number of nitrogens with zero attached hydrogens (tertiary/aromatic N) is 2. The molecule has 1 aromatic heterocycles. The molecule has 206 valence electrons. The second-order valence-electron chi connectivity index (χ2n) is 9.44. The molecule has 0 spiro atoms. The first-order valence-electron chi connectivity index (χ1n) is 12.7. The Labute approximate surface area is 227 Å². The molecule has 10 nitrogen and oxygen atoms in total. The Balaban J connectivity index is 1.22. The third kappa shape index (κ3) is 5.70. The van der Waals surface area contributed by atoms with Crippen LogP contribution in [0.2, 0.25) is 0 Å². The van der Waals surface area contributed by atoms with E-state index in [-0.39, 0.29) is 35.4 Å². The number of Topliss-reactive ketones (excluding diaryl/α,β-unsaturated/α-hetero) is 1. The summed E-state index contributed by atoms with van der Waals surface area (Å²) in [5, 5.41) is 0. The van der Waals surface area contributed by atoms with Gasteiger partial charge in [0, 0.05) is 30.0 Å². The molecule has 0 saturated carbocycles. The maximum Gasteiger partial charge on any atom is 0.338 e. The van der Waals surface area contributed by atoms with Gasteiger partial charge in [-0.25, -0.2) is 13.2 Å². The average molecular weight is 555 g/mol. The van der Waals surface area contributed by atoms with Gasteiger partial charge in [0.15, 0.2) is 24.2 Å². The molecule has 0 amide bonds. The number of ketones is 1. The zero-order valence-corrected chi connectivity index (χ0v) is 22.6. The monoisotopic (exact) mass is 554 g/mol. The molecule has 39 heavy (non-hydrogen) atoms. The first kappa shape index (κ1) is 26.9. The topological polar surface area (TPSA) is 113 Å². The van der Waals surface area contributed by atoms with E-state index in [1.54, 1.807) is 6.07 Å². The maximum atomic E-state index is 13.0. The Kier molecular flexibility index (Phi) is 7.74. The molecule has 0 bridgehead atoms. The summed E-state index contributed by atoms with van der Waals surface area (Å²) >= 11 is 0. The van der Waals surface area contributed by atoms with Crippen molar-refractivity contribution in [2.75, 3.05) is 39.5 Å². The summed E-state index contributed by atoms with van der Waals surface area (Å²) in [5.74, 6) is 0.256. The summed E-state index contributed by atoms with van der Waals surface area (Å²) in [5.41, 5.74) is 2.10. The number of ether oxygens (including phenoxy) is 4. The normalized spacial score (nSPS) is 17.5. The van der Waals surface area contributed by atoms with Gasteiger partial charge in [0.1, 0.15) is 6.61 Å². The molecule has 0 radical (unpaired) electrons. The Hall–Kier alpha value is -3.67. The molecular formula is C28H30N2O8S. The zero-order valence-electron chi connectivity index (χ0n) is 21.8. The standard InChI is InChI=1S/C28H30N2O8S/c1-19-14-24(20(2)30(19)16-22-17-36-26-8-3-4-9-27(26)38-22)25(31)18-37-28(32)21-6-5-7-23(15-21)39(33,34)29-10-12-35-13-11-29/h3-9,14-15,22H,10-13,16-18H2,1-2H3/t22-/m1/s1. The molecule has 3 heterocycles. The van der Waals surface area contributed by atoms with E-state index in [0.29, 0.717) is 43.4 Å². The van der Waals surface area contributed by atoms with Gasteiger partial charge in [0.05, 0.1) is 30.2 Å². The minimum absolute atomic E-state index is 0.00902. The van der Waals surface area contributed by atoms with Crippen LogP contribution in [0.15, 0.2) is 59.5 Å². The average Bonchev–Trinajstić information content (AvgIpc) is 3.24. The van der Waals surface area contributed by atoms with Gasteiger partial charge in [-0.15, -0.1) is 0 Å². The number of aryl methyl sites for hydroxylation is 1. The van der Waals surface area contributed by atoms with Gasteiger partial charge in [0.2, 0.25) is 15.8 Å². The summed E-state index contributed by atoms with van der Waals surface area (Å²) in [4.78, 5) is 25.7. The van der Waals surface area contributed by atoms with Crippen molar-refractivity contribution in [2.45, 2.75) is 31.4 Å². The molecule has 2 aliphatic rings. The van der Waals surface area contributed by atoms with Gasteiger partial charge in [-0.05, 0) is 50.2 Å². The molecule has 3 aromatic rings. The van der Waals surface area contributed by atoms with Crippen molar-refractivity contribution in [1.82, 2.24) is 8.87 Å². The molecule has 0 unspecified atom stereocenters. The molecule has 0 aliphatic carbocycles. The first-order chi connectivity index (χ1) is 18.7. The van der Waals surface area contributed by atoms with E-state index < -0.39 is 22.6 Å². The van der Waals surface area contributed by atoms with Gasteiger partial charge in [-0.1, -0.05) is 18.2 Å². The number of sulfonamides is 1. The Morgan fingerprint density at radius 2 is 1.74 bits per heavy atom. The second kappa shape index (κ2) is 11.2. The molecule has 1 saturated heterocycles. The minimum atomic E-state index is -3.77. The van der Waals surface area contributed by atoms with Crippen molar-refractivity contribution >= 4 is 21.8 Å². The van der Waals surface area contributed by atoms with Gasteiger partial charge >= 0.3 is 5.97 Å². The van der Waals surface area contributed by atoms with Crippen molar-refractivity contribution in [1.29, 1.82) is 0 Å². The number of aromatic nitrogens is 1. The highest BCUT2D eigenvalue weighted by Gasteiger charge is 2.28. The molecule has 11 heteroatoms. The number of morpholine rings is 1. The first-order valence-corrected chi connectivity index (χ1v) is 14.1. The van der Waals surface area contributed by atoms with Crippen molar-refractivity contribution in [3.05, 3.63) is 77.1 Å². The predicted octanol–water partition coefficient (Wildman–Crippen LogP) is 3.01. The maximum absolute atomic E-state index is 13.0. The van der Waals surface area contributed by atoms with E-state index in [2.05, 4.69) is 0 Å². The van der Waals surface area contributed by atoms with Gasteiger partial charge in [-0.3, -0.25) is 4.79 Å². The fraction of sp³-hybridized carbons (Fsp3) is 0.357. The number of rotatable bonds is 8. The molecule has 1 fully saturated rings. The van der Waals surface area contributed by atoms with E-state index >= 15 is 0 Å². The van der Waals surface area contributed by atoms with E-state index in [0.717, 1.165) is 11.4 Å². The molecule has 5 rings (SSSR count). The summed E-state index contributed by atoms with van der Waals surface area (Å²) in [6.07, 6.45) is -0.230. The van der Waals surface area contributed by atoms with Crippen LogP contribution in [0, 0.1) is 13.8 Å². The van der Waals surface area contributed by atoms with Crippen LogP contribution in [-0.2, 0) is 26.0 Å². The highest BCUT2D eigenvalue weighted by Crippen LogP contribution is 2.31. The van der Waals surface area contributed by atoms with E-state index in [9.17, 15) is 18.0 Å². The molecular weight excluding hydrogens is 524 g/mol. The lowest BCUT2D eigenvalue weighted by molar-refractivity contribution is 0.0474. The van der Waals surface area contributed by atoms with E-state index in [1.165, 1.54) is 28.6 Å². The number of carbonyl (C=O) groups is 2. The number of fused-ring (bicyclic) bond motifs is 1. The summed E-state index contributed by atoms with van der Waals surface area (Å²) in [7, 11) is -3.77. The highest BCUT2D eigenvalue weighted by atomic mass is 32.2. The SMILES string of the molecule is Cc1cc(C(=O)COC(=O)c2cccc(S(=O)(=O)N3CCOCC3)c2)c(C)n1C[C@@H]1COc2ccccc2O1. The van der Waals surface area contributed by atoms with Crippen molar-refractivity contribution in [2.24, 2.45) is 0 Å². The second-order valence-corrected chi connectivity index (χ2v) is 11.4. The van der Waals surface area contributed by atoms with Crippen molar-refractivity contribution in [3.63, 3.8) is 0 Å². The number of hydrogen-bond donors (Lipinski definition) is 0. The van der Waals surface area contributed by atoms with Crippen LogP contribution in [0.25, 0.3) is 0 Å². The van der Waals surface area contributed by atoms with Gasteiger partial charge in [-0.2, -0.15) is 4.31 Å². The van der Waals surface area contributed by atoms with Crippen LogP contribution < -0.4 is 9.47 Å². The largest absolute Gasteiger partial charge is 0.486 e. The Morgan fingerprint density at radius 3 is 2.51 bits per heavy atom.